The van der Waals surface area contributed by atoms with Crippen LogP contribution in [-0.2, 0) is 16.6 Å². The Balaban J connectivity index is 1.86. The number of aliphatic imine (C=N–C) groups is 1. The Morgan fingerprint density at radius 1 is 1.21 bits per heavy atom. The first kappa shape index (κ1) is 18.7. The van der Waals surface area contributed by atoms with E-state index in [1.165, 1.54) is 5.56 Å². The molecule has 134 valence electrons. The minimum atomic E-state index is -3.47. The van der Waals surface area contributed by atoms with Crippen molar-refractivity contribution in [3.63, 3.8) is 0 Å². The highest BCUT2D eigenvalue weighted by molar-refractivity contribution is 7.89. The van der Waals surface area contributed by atoms with Gasteiger partial charge in [-0.25, -0.2) is 13.6 Å². The lowest BCUT2D eigenvalue weighted by atomic mass is 10.2. The van der Waals surface area contributed by atoms with Gasteiger partial charge >= 0.3 is 0 Å². The lowest BCUT2D eigenvalue weighted by molar-refractivity contribution is 0.172. The van der Waals surface area contributed by atoms with E-state index < -0.39 is 10.0 Å². The molecule has 7 nitrogen and oxygen atoms in total. The minimum Gasteiger partial charge on any atom is -0.357 e. The molecule has 0 spiro atoms. The number of nitrogens with two attached hydrogens (primary N) is 1. The lowest BCUT2D eigenvalue weighted by Crippen LogP contribution is -2.52. The fraction of sp³-hybridized carbons (Fsp3) is 0.562. The number of piperazine rings is 1. The normalized spacial score (nSPS) is 17.1. The fourth-order valence-electron chi connectivity index (χ4n) is 2.66. The van der Waals surface area contributed by atoms with E-state index in [4.69, 9.17) is 5.14 Å². The molecule has 0 saturated carbocycles. The van der Waals surface area contributed by atoms with Crippen LogP contribution in [0.1, 0.15) is 12.5 Å². The van der Waals surface area contributed by atoms with Crippen LogP contribution in [0.5, 0.6) is 0 Å². The highest BCUT2D eigenvalue weighted by Crippen LogP contribution is 2.08. The number of sulfonamides is 1. The maximum atomic E-state index is 11.0. The number of primary sulfonamides is 1. The average molecular weight is 353 g/mol. The molecule has 8 heteroatoms. The third-order valence-corrected chi connectivity index (χ3v) is 4.64. The lowest BCUT2D eigenvalue weighted by Gasteiger charge is -2.36. The van der Waals surface area contributed by atoms with E-state index in [2.05, 4.69) is 44.4 Å². The van der Waals surface area contributed by atoms with Crippen LogP contribution in [0.15, 0.2) is 35.3 Å². The Hall–Kier alpha value is -1.64. The Bertz CT molecular complexity index is 625. The molecule has 0 unspecified atom stereocenters. The van der Waals surface area contributed by atoms with Crippen molar-refractivity contribution >= 4 is 16.0 Å². The summed E-state index contributed by atoms with van der Waals surface area (Å²) in [6.45, 7) is 7.53. The van der Waals surface area contributed by atoms with Gasteiger partial charge in [-0.1, -0.05) is 30.3 Å². The van der Waals surface area contributed by atoms with Crippen molar-refractivity contribution < 1.29 is 8.42 Å². The van der Waals surface area contributed by atoms with Crippen LogP contribution in [0.25, 0.3) is 0 Å². The Kier molecular flexibility index (Phi) is 7.01. The van der Waals surface area contributed by atoms with Crippen LogP contribution in [0, 0.1) is 0 Å². The Morgan fingerprint density at radius 3 is 2.46 bits per heavy atom. The van der Waals surface area contributed by atoms with E-state index >= 15 is 0 Å². The van der Waals surface area contributed by atoms with Gasteiger partial charge in [-0.05, 0) is 12.5 Å². The van der Waals surface area contributed by atoms with Gasteiger partial charge in [0.2, 0.25) is 10.0 Å². The molecule has 1 aromatic rings. The fourth-order valence-corrected chi connectivity index (χ4v) is 3.01. The zero-order valence-electron chi connectivity index (χ0n) is 14.2. The molecule has 3 N–H and O–H groups in total. The Morgan fingerprint density at radius 2 is 1.88 bits per heavy atom. The molecule has 1 saturated heterocycles. The summed E-state index contributed by atoms with van der Waals surface area (Å²) < 4.78 is 22.1. The highest BCUT2D eigenvalue weighted by Gasteiger charge is 2.19. The summed E-state index contributed by atoms with van der Waals surface area (Å²) >= 11 is 0. The molecule has 2 rings (SSSR count). The predicted octanol–water partition coefficient (Wildman–Crippen LogP) is 0.0582. The molecule has 0 aliphatic carbocycles. The second-order valence-corrected chi connectivity index (χ2v) is 7.59. The number of nitrogens with zero attached hydrogens (tertiary/aromatic N) is 3. The SMILES string of the molecule is CCNC(=NCCS(N)(=O)=O)N1CCN(Cc2ccccc2)CC1. The molecule has 1 heterocycles. The molecule has 0 bridgehead atoms. The van der Waals surface area contributed by atoms with Gasteiger partial charge in [0.25, 0.3) is 0 Å². The van der Waals surface area contributed by atoms with Gasteiger partial charge in [0.1, 0.15) is 0 Å². The van der Waals surface area contributed by atoms with Crippen LogP contribution in [0.2, 0.25) is 0 Å². The monoisotopic (exact) mass is 353 g/mol. The molecule has 1 fully saturated rings. The predicted molar refractivity (Wildman–Crippen MR) is 97.2 cm³/mol. The largest absolute Gasteiger partial charge is 0.357 e. The van der Waals surface area contributed by atoms with Crippen LogP contribution in [-0.4, -0.2) is 69.2 Å². The van der Waals surface area contributed by atoms with Crippen LogP contribution in [0.3, 0.4) is 0 Å². The van der Waals surface area contributed by atoms with E-state index in [1.807, 2.05) is 13.0 Å². The first-order valence-electron chi connectivity index (χ1n) is 8.28. The van der Waals surface area contributed by atoms with Crippen LogP contribution >= 0.6 is 0 Å². The van der Waals surface area contributed by atoms with Crippen LogP contribution in [0.4, 0.5) is 0 Å². The zero-order chi connectivity index (χ0) is 17.4. The van der Waals surface area contributed by atoms with E-state index in [1.54, 1.807) is 0 Å². The molecule has 0 atom stereocenters. The second-order valence-electron chi connectivity index (χ2n) is 5.85. The summed E-state index contributed by atoms with van der Waals surface area (Å²) in [6, 6.07) is 10.4. The maximum absolute atomic E-state index is 11.0. The van der Waals surface area contributed by atoms with E-state index in [0.717, 1.165) is 45.2 Å². The Labute approximate surface area is 144 Å². The summed E-state index contributed by atoms with van der Waals surface area (Å²) in [6.07, 6.45) is 0. The molecule has 1 aliphatic rings. The zero-order valence-corrected chi connectivity index (χ0v) is 15.0. The van der Waals surface area contributed by atoms with Crippen molar-refractivity contribution in [1.82, 2.24) is 15.1 Å². The first-order valence-corrected chi connectivity index (χ1v) is 9.99. The number of nitrogens with one attached hydrogen (secondary N) is 1. The van der Waals surface area contributed by atoms with Gasteiger partial charge in [-0.3, -0.25) is 9.89 Å². The smallest absolute Gasteiger partial charge is 0.210 e. The number of benzene rings is 1. The summed E-state index contributed by atoms with van der Waals surface area (Å²) in [5.41, 5.74) is 1.32. The van der Waals surface area contributed by atoms with E-state index in [0.29, 0.717) is 0 Å². The molecular weight excluding hydrogens is 326 g/mol. The van der Waals surface area contributed by atoms with Crippen molar-refractivity contribution in [2.45, 2.75) is 13.5 Å². The quantitative estimate of drug-likeness (QED) is 0.557. The van der Waals surface area contributed by atoms with Crippen molar-refractivity contribution in [2.75, 3.05) is 45.0 Å². The van der Waals surface area contributed by atoms with Crippen molar-refractivity contribution in [3.8, 4) is 0 Å². The molecule has 1 aromatic carbocycles. The summed E-state index contributed by atoms with van der Waals surface area (Å²) in [4.78, 5) is 8.98. The second kappa shape index (κ2) is 9.00. The van der Waals surface area contributed by atoms with Crippen molar-refractivity contribution in [2.24, 2.45) is 10.1 Å². The van der Waals surface area contributed by atoms with Gasteiger partial charge in [0.05, 0.1) is 12.3 Å². The van der Waals surface area contributed by atoms with E-state index in [-0.39, 0.29) is 12.3 Å². The maximum Gasteiger partial charge on any atom is 0.210 e. The number of guanidine groups is 1. The third-order valence-electron chi connectivity index (χ3n) is 3.89. The molecule has 0 amide bonds. The number of rotatable bonds is 6. The van der Waals surface area contributed by atoms with Gasteiger partial charge in [-0.2, -0.15) is 0 Å². The van der Waals surface area contributed by atoms with Gasteiger partial charge < -0.3 is 10.2 Å². The van der Waals surface area contributed by atoms with Gasteiger partial charge in [-0.15, -0.1) is 0 Å². The third kappa shape index (κ3) is 6.46. The minimum absolute atomic E-state index is 0.129. The number of hydrogen-bond donors (Lipinski definition) is 2. The molecule has 1 aliphatic heterocycles. The van der Waals surface area contributed by atoms with Crippen LogP contribution < -0.4 is 10.5 Å². The topological polar surface area (TPSA) is 91.0 Å². The van der Waals surface area contributed by atoms with Crippen molar-refractivity contribution in [1.29, 1.82) is 0 Å². The average Bonchev–Trinajstić information content (AvgIpc) is 2.55. The molecule has 0 radical (unpaired) electrons. The van der Waals surface area contributed by atoms with Crippen molar-refractivity contribution in [3.05, 3.63) is 35.9 Å². The molecule has 24 heavy (non-hydrogen) atoms. The highest BCUT2D eigenvalue weighted by atomic mass is 32.2. The molecule has 0 aromatic heterocycles. The first-order chi connectivity index (χ1) is 11.5. The van der Waals surface area contributed by atoms with E-state index in [9.17, 15) is 8.42 Å². The van der Waals surface area contributed by atoms with Gasteiger partial charge in [0, 0.05) is 39.3 Å². The standard InChI is InChI=1S/C16H27N5O2S/c1-2-18-16(19-8-13-24(17,22)23)21-11-9-20(10-12-21)14-15-6-4-3-5-7-15/h3-7H,2,8-14H2,1H3,(H,18,19)(H2,17,22,23). The summed E-state index contributed by atoms with van der Waals surface area (Å²) in [7, 11) is -3.47. The summed E-state index contributed by atoms with van der Waals surface area (Å²) in [5, 5.41) is 8.25. The summed E-state index contributed by atoms with van der Waals surface area (Å²) in [5.74, 6) is 0.635. The number of hydrogen-bond acceptors (Lipinski definition) is 4. The van der Waals surface area contributed by atoms with Gasteiger partial charge in [0.15, 0.2) is 5.96 Å². The molecular formula is C16H27N5O2S.